The molecule has 36 heavy (non-hydrogen) atoms. The number of nitrogens with zero attached hydrogens (tertiary/aromatic N) is 4. The molecule has 3 aromatic rings. The van der Waals surface area contributed by atoms with Crippen molar-refractivity contribution in [1.29, 1.82) is 0 Å². The first kappa shape index (κ1) is 23.7. The minimum absolute atomic E-state index is 0.00605. The maximum atomic E-state index is 13.6. The lowest BCUT2D eigenvalue weighted by Crippen LogP contribution is -2.62. The topological polar surface area (TPSA) is 73.8 Å². The third-order valence-corrected chi connectivity index (χ3v) is 7.37. The summed E-state index contributed by atoms with van der Waals surface area (Å²) >= 11 is 0. The van der Waals surface area contributed by atoms with Crippen LogP contribution in [0.1, 0.15) is 53.2 Å². The molecule has 7 nitrogen and oxygen atoms in total. The second kappa shape index (κ2) is 9.57. The van der Waals surface area contributed by atoms with Gasteiger partial charge in [0, 0.05) is 44.9 Å². The van der Waals surface area contributed by atoms with Crippen LogP contribution >= 0.6 is 0 Å². The maximum absolute atomic E-state index is 13.6. The van der Waals surface area contributed by atoms with E-state index in [2.05, 4.69) is 4.98 Å². The molecule has 2 aromatic carbocycles. The average molecular weight is 483 g/mol. The van der Waals surface area contributed by atoms with Crippen LogP contribution in [-0.4, -0.2) is 44.7 Å². The molecule has 0 N–H and O–H groups in total. The monoisotopic (exact) mass is 482 g/mol. The molecule has 1 atom stereocenters. The molecule has 1 aromatic heterocycles. The average Bonchev–Trinajstić information content (AvgIpc) is 3.20. The van der Waals surface area contributed by atoms with Gasteiger partial charge in [-0.05, 0) is 55.2 Å². The number of benzene rings is 2. The Labute approximate surface area is 211 Å². The van der Waals surface area contributed by atoms with Gasteiger partial charge in [-0.1, -0.05) is 42.5 Å². The molecule has 1 unspecified atom stereocenters. The maximum Gasteiger partial charge on any atom is 0.257 e. The Hall–Kier alpha value is -4.00. The van der Waals surface area contributed by atoms with Gasteiger partial charge in [0.15, 0.2) is 0 Å². The number of carbonyl (C=O) groups excluding carboxylic acids is 3. The van der Waals surface area contributed by atoms with Crippen LogP contribution < -0.4 is 4.90 Å². The van der Waals surface area contributed by atoms with E-state index >= 15 is 0 Å². The number of aromatic nitrogens is 1. The van der Waals surface area contributed by atoms with Crippen molar-refractivity contribution in [3.8, 4) is 0 Å². The third-order valence-electron chi connectivity index (χ3n) is 7.37. The summed E-state index contributed by atoms with van der Waals surface area (Å²) < 4.78 is 0. The number of rotatable bonds is 7. The predicted octanol–water partition coefficient (Wildman–Crippen LogP) is 4.31. The number of hydrogen-bond donors (Lipinski definition) is 0. The summed E-state index contributed by atoms with van der Waals surface area (Å²) in [5.41, 5.74) is 3.54. The van der Waals surface area contributed by atoms with E-state index in [9.17, 15) is 14.4 Å². The number of aryl methyl sites for hydroxylation is 1. The number of pyridine rings is 1. The van der Waals surface area contributed by atoms with Crippen molar-refractivity contribution in [3.05, 3.63) is 95.3 Å². The Morgan fingerprint density at radius 2 is 1.81 bits per heavy atom. The Morgan fingerprint density at radius 3 is 2.58 bits per heavy atom. The first-order valence-corrected chi connectivity index (χ1v) is 12.3. The van der Waals surface area contributed by atoms with Crippen LogP contribution in [0.25, 0.3) is 0 Å². The lowest BCUT2D eigenvalue weighted by atomic mass is 9.98. The second-order valence-electron chi connectivity index (χ2n) is 9.71. The van der Waals surface area contributed by atoms with E-state index in [0.29, 0.717) is 37.2 Å². The zero-order valence-electron chi connectivity index (χ0n) is 20.7. The van der Waals surface area contributed by atoms with Crippen LogP contribution in [0.2, 0.25) is 0 Å². The van der Waals surface area contributed by atoms with Crippen molar-refractivity contribution in [1.82, 2.24) is 14.8 Å². The highest BCUT2D eigenvalue weighted by Gasteiger charge is 2.52. The molecular weight excluding hydrogens is 452 g/mol. The minimum Gasteiger partial charge on any atom is -0.334 e. The largest absolute Gasteiger partial charge is 0.334 e. The van der Waals surface area contributed by atoms with Gasteiger partial charge in [0.05, 0.1) is 11.3 Å². The van der Waals surface area contributed by atoms with Gasteiger partial charge in [-0.2, -0.15) is 0 Å². The SMILES string of the molecule is Cc1ccccc1CN(Cc1cccnc1)C(=O)CCN1C(=O)c2ccccc2N2C(=O)CCC12C. The van der Waals surface area contributed by atoms with Crippen LogP contribution in [0.15, 0.2) is 73.1 Å². The van der Waals surface area contributed by atoms with Crippen molar-refractivity contribution in [2.24, 2.45) is 0 Å². The second-order valence-corrected chi connectivity index (χ2v) is 9.71. The number of fused-ring (bicyclic) bond motifs is 3. The molecule has 2 aliphatic rings. The van der Waals surface area contributed by atoms with Crippen molar-refractivity contribution >= 4 is 23.4 Å². The molecule has 184 valence electrons. The van der Waals surface area contributed by atoms with Crippen LogP contribution in [0.5, 0.6) is 0 Å². The first-order chi connectivity index (χ1) is 17.4. The van der Waals surface area contributed by atoms with Crippen LogP contribution in [0.4, 0.5) is 5.69 Å². The van der Waals surface area contributed by atoms with Gasteiger partial charge in [0.2, 0.25) is 11.8 Å². The van der Waals surface area contributed by atoms with Crippen LogP contribution in [0.3, 0.4) is 0 Å². The lowest BCUT2D eigenvalue weighted by molar-refractivity contribution is -0.132. The Morgan fingerprint density at radius 1 is 1.03 bits per heavy atom. The van der Waals surface area contributed by atoms with Crippen LogP contribution in [-0.2, 0) is 22.7 Å². The standard InChI is InChI=1S/C29H30N4O3/c1-21-8-3-4-10-23(21)20-31(19-22-9-7-16-30-18-22)26(34)14-17-32-28(36)24-11-5-6-12-25(24)33-27(35)13-15-29(32,33)2/h3-12,16,18H,13-15,17,19-20H2,1-2H3. The fraction of sp³-hybridized carbons (Fsp3) is 0.310. The van der Waals surface area contributed by atoms with Crippen molar-refractivity contribution in [2.45, 2.75) is 51.9 Å². The van der Waals surface area contributed by atoms with E-state index in [1.807, 2.05) is 67.3 Å². The Balaban J connectivity index is 1.39. The number of hydrogen-bond acceptors (Lipinski definition) is 4. The molecule has 2 aliphatic heterocycles. The summed E-state index contributed by atoms with van der Waals surface area (Å²) in [7, 11) is 0. The van der Waals surface area contributed by atoms with Crippen molar-refractivity contribution in [3.63, 3.8) is 0 Å². The zero-order chi connectivity index (χ0) is 25.3. The van der Waals surface area contributed by atoms with E-state index in [0.717, 1.165) is 16.7 Å². The highest BCUT2D eigenvalue weighted by Crippen LogP contribution is 2.44. The fourth-order valence-electron chi connectivity index (χ4n) is 5.34. The minimum atomic E-state index is -0.771. The summed E-state index contributed by atoms with van der Waals surface area (Å²) in [6, 6.07) is 19.1. The van der Waals surface area contributed by atoms with Gasteiger partial charge in [0.25, 0.3) is 5.91 Å². The number of para-hydroxylation sites is 1. The number of carbonyl (C=O) groups is 3. The summed E-state index contributed by atoms with van der Waals surface area (Å²) in [5.74, 6) is -0.177. The highest BCUT2D eigenvalue weighted by atomic mass is 16.2. The summed E-state index contributed by atoms with van der Waals surface area (Å²) in [5, 5.41) is 0. The van der Waals surface area contributed by atoms with Crippen LogP contribution in [0, 0.1) is 6.92 Å². The molecule has 0 saturated carbocycles. The smallest absolute Gasteiger partial charge is 0.257 e. The highest BCUT2D eigenvalue weighted by molar-refractivity contribution is 6.10. The normalized spacial score (nSPS) is 18.7. The number of amides is 3. The van der Waals surface area contributed by atoms with Gasteiger partial charge >= 0.3 is 0 Å². The van der Waals surface area contributed by atoms with Gasteiger partial charge in [0.1, 0.15) is 5.66 Å². The molecule has 1 saturated heterocycles. The van der Waals surface area contributed by atoms with E-state index in [1.54, 1.807) is 34.3 Å². The predicted molar refractivity (Wildman–Crippen MR) is 137 cm³/mol. The Kier molecular flexibility index (Phi) is 6.31. The molecule has 0 bridgehead atoms. The molecule has 0 aliphatic carbocycles. The van der Waals surface area contributed by atoms with E-state index in [-0.39, 0.29) is 30.7 Å². The van der Waals surface area contributed by atoms with Gasteiger partial charge < -0.3 is 9.80 Å². The van der Waals surface area contributed by atoms with E-state index in [4.69, 9.17) is 0 Å². The molecule has 5 rings (SSSR count). The van der Waals surface area contributed by atoms with Gasteiger partial charge in [-0.15, -0.1) is 0 Å². The third kappa shape index (κ3) is 4.26. The van der Waals surface area contributed by atoms with E-state index in [1.165, 1.54) is 0 Å². The molecule has 3 amide bonds. The molecule has 0 radical (unpaired) electrons. The van der Waals surface area contributed by atoms with Crippen molar-refractivity contribution < 1.29 is 14.4 Å². The lowest BCUT2D eigenvalue weighted by Gasteiger charge is -2.48. The molecule has 7 heteroatoms. The Bertz CT molecular complexity index is 1310. The molecule has 3 heterocycles. The summed E-state index contributed by atoms with van der Waals surface area (Å²) in [4.78, 5) is 49.4. The van der Waals surface area contributed by atoms with Gasteiger partial charge in [-0.25, -0.2) is 0 Å². The molecule has 0 spiro atoms. The summed E-state index contributed by atoms with van der Waals surface area (Å²) in [6.07, 6.45) is 4.57. The van der Waals surface area contributed by atoms with Gasteiger partial charge in [-0.3, -0.25) is 24.3 Å². The molecule has 1 fully saturated rings. The summed E-state index contributed by atoms with van der Waals surface area (Å²) in [6.45, 7) is 5.11. The zero-order valence-corrected chi connectivity index (χ0v) is 20.7. The number of anilines is 1. The van der Waals surface area contributed by atoms with Crippen molar-refractivity contribution in [2.75, 3.05) is 11.4 Å². The first-order valence-electron chi connectivity index (χ1n) is 12.3. The molecular formula is C29H30N4O3. The van der Waals surface area contributed by atoms with E-state index < -0.39 is 5.66 Å². The fourth-order valence-corrected chi connectivity index (χ4v) is 5.34. The quantitative estimate of drug-likeness (QED) is 0.503.